The highest BCUT2D eigenvalue weighted by Crippen LogP contribution is 2.31. The quantitative estimate of drug-likeness (QED) is 0.865. The van der Waals surface area contributed by atoms with Crippen molar-refractivity contribution in [2.24, 2.45) is 5.73 Å². The first-order chi connectivity index (χ1) is 8.52. The van der Waals surface area contributed by atoms with E-state index in [1.54, 1.807) is 13.3 Å². The van der Waals surface area contributed by atoms with Crippen LogP contribution in [0.4, 0.5) is 0 Å². The van der Waals surface area contributed by atoms with Gasteiger partial charge in [-0.2, -0.15) is 0 Å². The van der Waals surface area contributed by atoms with Gasteiger partial charge in [0.05, 0.1) is 19.0 Å². The van der Waals surface area contributed by atoms with E-state index in [1.807, 2.05) is 26.0 Å². The minimum atomic E-state index is -0.580. The van der Waals surface area contributed by atoms with Crippen LogP contribution in [0.25, 0.3) is 11.3 Å². The Balaban J connectivity index is 2.55. The van der Waals surface area contributed by atoms with Crippen molar-refractivity contribution in [3.63, 3.8) is 0 Å². The standard InChI is InChI=1S/C13H15N3O2/c1-7-4-9(11(18-3)5-8(7)2)10-6-15-13(16-10)12(14)17/h4-6H,1-3H3,(H2,14,17)(H,15,16). The van der Waals surface area contributed by atoms with Crippen LogP contribution in [-0.4, -0.2) is 23.0 Å². The molecule has 0 radical (unpaired) electrons. The van der Waals surface area contributed by atoms with E-state index in [9.17, 15) is 4.79 Å². The van der Waals surface area contributed by atoms with E-state index >= 15 is 0 Å². The molecule has 18 heavy (non-hydrogen) atoms. The number of aromatic nitrogens is 2. The number of carbonyl (C=O) groups is 1. The first-order valence-corrected chi connectivity index (χ1v) is 5.53. The molecule has 0 aliphatic rings. The van der Waals surface area contributed by atoms with Crippen molar-refractivity contribution in [2.75, 3.05) is 7.11 Å². The molecular formula is C13H15N3O2. The van der Waals surface area contributed by atoms with Gasteiger partial charge >= 0.3 is 0 Å². The number of hydrogen-bond acceptors (Lipinski definition) is 3. The van der Waals surface area contributed by atoms with Gasteiger partial charge in [-0.3, -0.25) is 4.79 Å². The number of nitrogens with one attached hydrogen (secondary N) is 1. The van der Waals surface area contributed by atoms with Gasteiger partial charge in [-0.15, -0.1) is 0 Å². The Bertz CT molecular complexity index is 602. The summed E-state index contributed by atoms with van der Waals surface area (Å²) in [5.41, 5.74) is 9.02. The molecule has 94 valence electrons. The lowest BCUT2D eigenvalue weighted by Gasteiger charge is -2.10. The molecule has 5 heteroatoms. The van der Waals surface area contributed by atoms with Gasteiger partial charge in [-0.05, 0) is 37.1 Å². The maximum Gasteiger partial charge on any atom is 0.284 e. The van der Waals surface area contributed by atoms with Crippen LogP contribution in [-0.2, 0) is 0 Å². The first-order valence-electron chi connectivity index (χ1n) is 5.53. The lowest BCUT2D eigenvalue weighted by atomic mass is 10.0. The molecular weight excluding hydrogens is 230 g/mol. The van der Waals surface area contributed by atoms with Gasteiger partial charge in [0, 0.05) is 5.56 Å². The minimum Gasteiger partial charge on any atom is -0.496 e. The zero-order chi connectivity index (χ0) is 13.3. The molecule has 2 rings (SSSR count). The number of benzene rings is 1. The Kier molecular flexibility index (Phi) is 3.06. The number of carbonyl (C=O) groups excluding carboxylic acids is 1. The summed E-state index contributed by atoms with van der Waals surface area (Å²) in [6.07, 6.45) is 1.58. The van der Waals surface area contributed by atoms with Crippen LogP contribution < -0.4 is 10.5 Å². The van der Waals surface area contributed by atoms with E-state index in [2.05, 4.69) is 9.97 Å². The second-order valence-corrected chi connectivity index (χ2v) is 4.15. The lowest BCUT2D eigenvalue weighted by Crippen LogP contribution is -2.12. The molecule has 0 saturated heterocycles. The number of primary amides is 1. The largest absolute Gasteiger partial charge is 0.496 e. The normalized spacial score (nSPS) is 10.4. The molecule has 1 amide bonds. The average Bonchev–Trinajstić information content (AvgIpc) is 2.81. The van der Waals surface area contributed by atoms with E-state index in [4.69, 9.17) is 10.5 Å². The number of ether oxygens (including phenoxy) is 1. The summed E-state index contributed by atoms with van der Waals surface area (Å²) in [7, 11) is 1.61. The molecule has 0 spiro atoms. The summed E-state index contributed by atoms with van der Waals surface area (Å²) in [6, 6.07) is 3.95. The van der Waals surface area contributed by atoms with Crippen molar-refractivity contribution < 1.29 is 9.53 Å². The Morgan fingerprint density at radius 3 is 2.56 bits per heavy atom. The van der Waals surface area contributed by atoms with E-state index < -0.39 is 5.91 Å². The summed E-state index contributed by atoms with van der Waals surface area (Å²) in [6.45, 7) is 4.03. The number of hydrogen-bond donors (Lipinski definition) is 2. The van der Waals surface area contributed by atoms with Crippen LogP contribution in [0.15, 0.2) is 18.3 Å². The van der Waals surface area contributed by atoms with Crippen molar-refractivity contribution in [1.29, 1.82) is 0 Å². The number of nitrogens with zero attached hydrogens (tertiary/aromatic N) is 1. The zero-order valence-corrected chi connectivity index (χ0v) is 10.6. The topological polar surface area (TPSA) is 81.0 Å². The van der Waals surface area contributed by atoms with Gasteiger partial charge < -0.3 is 15.5 Å². The second-order valence-electron chi connectivity index (χ2n) is 4.15. The monoisotopic (exact) mass is 245 g/mol. The van der Waals surface area contributed by atoms with Gasteiger partial charge in [-0.1, -0.05) is 0 Å². The summed E-state index contributed by atoms with van der Waals surface area (Å²) in [4.78, 5) is 17.8. The van der Waals surface area contributed by atoms with Crippen molar-refractivity contribution in [1.82, 2.24) is 9.97 Å². The van der Waals surface area contributed by atoms with Crippen molar-refractivity contribution in [3.05, 3.63) is 35.3 Å². The molecule has 0 aliphatic heterocycles. The Hall–Kier alpha value is -2.30. The van der Waals surface area contributed by atoms with Gasteiger partial charge in [-0.25, -0.2) is 4.98 Å². The minimum absolute atomic E-state index is 0.144. The molecule has 1 heterocycles. The highest BCUT2D eigenvalue weighted by atomic mass is 16.5. The van der Waals surface area contributed by atoms with Crippen LogP contribution in [0, 0.1) is 13.8 Å². The molecule has 2 aromatic rings. The summed E-state index contributed by atoms with van der Waals surface area (Å²) in [5, 5.41) is 0. The number of amides is 1. The molecule has 0 fully saturated rings. The fraction of sp³-hybridized carbons (Fsp3) is 0.231. The molecule has 0 unspecified atom stereocenters. The van der Waals surface area contributed by atoms with Crippen molar-refractivity contribution in [3.8, 4) is 17.0 Å². The number of aryl methyl sites for hydroxylation is 2. The fourth-order valence-electron chi connectivity index (χ4n) is 1.75. The highest BCUT2D eigenvalue weighted by Gasteiger charge is 2.12. The van der Waals surface area contributed by atoms with Gasteiger partial charge in [0.2, 0.25) is 0 Å². The SMILES string of the molecule is COc1cc(C)c(C)cc1-c1cnc(C(N)=O)[nH]1. The molecule has 0 bridgehead atoms. The number of nitrogens with two attached hydrogens (primary N) is 1. The lowest BCUT2D eigenvalue weighted by molar-refractivity contribution is 0.0991. The molecule has 1 aromatic carbocycles. The van der Waals surface area contributed by atoms with Gasteiger partial charge in [0.25, 0.3) is 5.91 Å². The Morgan fingerprint density at radius 1 is 1.33 bits per heavy atom. The molecule has 1 aromatic heterocycles. The Morgan fingerprint density at radius 2 is 2.00 bits per heavy atom. The number of imidazole rings is 1. The second kappa shape index (κ2) is 4.52. The molecule has 0 aliphatic carbocycles. The molecule has 0 atom stereocenters. The number of rotatable bonds is 3. The maximum atomic E-state index is 11.0. The van der Waals surface area contributed by atoms with E-state index in [0.717, 1.165) is 22.4 Å². The molecule has 5 nitrogen and oxygen atoms in total. The van der Waals surface area contributed by atoms with Gasteiger partial charge in [0.1, 0.15) is 5.75 Å². The first kappa shape index (κ1) is 12.2. The third-order valence-electron chi connectivity index (χ3n) is 2.92. The van der Waals surface area contributed by atoms with Crippen LogP contribution in [0.2, 0.25) is 0 Å². The number of methoxy groups -OCH3 is 1. The zero-order valence-electron chi connectivity index (χ0n) is 10.6. The highest BCUT2D eigenvalue weighted by molar-refractivity contribution is 5.89. The van der Waals surface area contributed by atoms with Crippen LogP contribution in [0.3, 0.4) is 0 Å². The third-order valence-corrected chi connectivity index (χ3v) is 2.92. The van der Waals surface area contributed by atoms with Crippen molar-refractivity contribution >= 4 is 5.91 Å². The van der Waals surface area contributed by atoms with Crippen LogP contribution >= 0.6 is 0 Å². The summed E-state index contributed by atoms with van der Waals surface area (Å²) in [5.74, 6) is 0.298. The predicted octanol–water partition coefficient (Wildman–Crippen LogP) is 1.80. The summed E-state index contributed by atoms with van der Waals surface area (Å²) >= 11 is 0. The van der Waals surface area contributed by atoms with E-state index in [0.29, 0.717) is 5.69 Å². The Labute approximate surface area is 105 Å². The smallest absolute Gasteiger partial charge is 0.284 e. The molecule has 3 N–H and O–H groups in total. The van der Waals surface area contributed by atoms with E-state index in [1.165, 1.54) is 0 Å². The van der Waals surface area contributed by atoms with Crippen LogP contribution in [0.5, 0.6) is 5.75 Å². The maximum absolute atomic E-state index is 11.0. The van der Waals surface area contributed by atoms with Crippen molar-refractivity contribution in [2.45, 2.75) is 13.8 Å². The average molecular weight is 245 g/mol. The van der Waals surface area contributed by atoms with Crippen LogP contribution in [0.1, 0.15) is 21.7 Å². The number of aromatic amines is 1. The van der Waals surface area contributed by atoms with Gasteiger partial charge in [0.15, 0.2) is 5.82 Å². The number of H-pyrrole nitrogens is 1. The molecule has 0 saturated carbocycles. The third kappa shape index (κ3) is 2.07. The predicted molar refractivity (Wildman–Crippen MR) is 68.6 cm³/mol. The summed E-state index contributed by atoms with van der Waals surface area (Å²) < 4.78 is 5.34. The fourth-order valence-corrected chi connectivity index (χ4v) is 1.75. The van der Waals surface area contributed by atoms with E-state index in [-0.39, 0.29) is 5.82 Å².